The Balaban J connectivity index is 1.79. The molecule has 0 amide bonds. The van der Waals surface area contributed by atoms with Gasteiger partial charge in [-0.25, -0.2) is 0 Å². The zero-order chi connectivity index (χ0) is 20.1. The maximum atomic E-state index is 11.8. The van der Waals surface area contributed by atoms with Gasteiger partial charge in [-0.05, 0) is 42.7 Å². The summed E-state index contributed by atoms with van der Waals surface area (Å²) in [7, 11) is -3.63. The molecule has 0 saturated carbocycles. The second-order valence-electron chi connectivity index (χ2n) is 6.43. The van der Waals surface area contributed by atoms with Crippen molar-refractivity contribution >= 4 is 22.2 Å². The molecule has 0 spiro atoms. The summed E-state index contributed by atoms with van der Waals surface area (Å²) in [6, 6.07) is 10.9. The number of para-hydroxylation sites is 1. The molecular formula is C21H22O6S. The Morgan fingerprint density at radius 3 is 2.68 bits per heavy atom. The van der Waals surface area contributed by atoms with E-state index in [0.717, 1.165) is 28.5 Å². The summed E-state index contributed by atoms with van der Waals surface area (Å²) in [5.74, 6) is 0.589. The van der Waals surface area contributed by atoms with E-state index in [0.29, 0.717) is 24.5 Å². The second-order valence-corrected chi connectivity index (χ2v) is 8.01. The molecule has 0 radical (unpaired) electrons. The summed E-state index contributed by atoms with van der Waals surface area (Å²) >= 11 is 0. The third-order valence-corrected chi connectivity index (χ3v) is 4.65. The van der Waals surface area contributed by atoms with Crippen LogP contribution in [0.4, 0.5) is 0 Å². The van der Waals surface area contributed by atoms with Crippen LogP contribution >= 0.6 is 0 Å². The van der Waals surface area contributed by atoms with Crippen LogP contribution in [0.15, 0.2) is 42.5 Å². The van der Waals surface area contributed by atoms with Crippen LogP contribution in [0.25, 0.3) is 6.08 Å². The number of allylic oxidation sites excluding steroid dienone is 1. The SMILES string of the molecule is CCOC(=O)Cc1ccccc1OCc1cc2c(c(OS(C)(=O)=O)c1)CC=C2. The predicted molar refractivity (Wildman–Crippen MR) is 106 cm³/mol. The first-order chi connectivity index (χ1) is 13.4. The van der Waals surface area contributed by atoms with E-state index in [-0.39, 0.29) is 19.0 Å². The van der Waals surface area contributed by atoms with E-state index >= 15 is 0 Å². The smallest absolute Gasteiger partial charge is 0.310 e. The first kappa shape index (κ1) is 19.9. The zero-order valence-corrected chi connectivity index (χ0v) is 16.6. The summed E-state index contributed by atoms with van der Waals surface area (Å²) in [6.07, 6.45) is 5.67. The van der Waals surface area contributed by atoms with Crippen molar-refractivity contribution < 1.29 is 26.9 Å². The maximum Gasteiger partial charge on any atom is 0.310 e. The molecule has 0 aliphatic heterocycles. The molecule has 6 nitrogen and oxygen atoms in total. The van der Waals surface area contributed by atoms with Crippen LogP contribution in [0.2, 0.25) is 0 Å². The van der Waals surface area contributed by atoms with Gasteiger partial charge in [-0.15, -0.1) is 0 Å². The lowest BCUT2D eigenvalue weighted by Gasteiger charge is -2.14. The Morgan fingerprint density at radius 2 is 1.93 bits per heavy atom. The van der Waals surface area contributed by atoms with Gasteiger partial charge in [-0.3, -0.25) is 4.79 Å². The van der Waals surface area contributed by atoms with E-state index in [4.69, 9.17) is 13.7 Å². The monoisotopic (exact) mass is 402 g/mol. The van der Waals surface area contributed by atoms with E-state index in [1.807, 2.05) is 36.4 Å². The summed E-state index contributed by atoms with van der Waals surface area (Å²) in [5.41, 5.74) is 3.26. The highest BCUT2D eigenvalue weighted by atomic mass is 32.2. The molecule has 1 aliphatic carbocycles. The van der Waals surface area contributed by atoms with Crippen molar-refractivity contribution in [3.05, 3.63) is 64.7 Å². The van der Waals surface area contributed by atoms with Crippen molar-refractivity contribution in [2.24, 2.45) is 0 Å². The number of ether oxygens (including phenoxy) is 2. The lowest BCUT2D eigenvalue weighted by atomic mass is 10.1. The fourth-order valence-corrected chi connectivity index (χ4v) is 3.51. The van der Waals surface area contributed by atoms with Gasteiger partial charge in [-0.2, -0.15) is 8.42 Å². The van der Waals surface area contributed by atoms with Crippen LogP contribution in [0.1, 0.15) is 29.2 Å². The average molecular weight is 402 g/mol. The number of fused-ring (bicyclic) bond motifs is 1. The molecule has 2 aromatic rings. The third-order valence-electron chi connectivity index (χ3n) is 4.17. The van der Waals surface area contributed by atoms with Crippen LogP contribution in [0.5, 0.6) is 11.5 Å². The molecule has 2 aromatic carbocycles. The minimum Gasteiger partial charge on any atom is -0.489 e. The van der Waals surface area contributed by atoms with Crippen LogP contribution in [0.3, 0.4) is 0 Å². The zero-order valence-electron chi connectivity index (χ0n) is 15.8. The molecule has 0 atom stereocenters. The standard InChI is InChI=1S/C21H22O6S/c1-3-25-21(22)13-17-7-4-5-10-19(17)26-14-15-11-16-8-6-9-18(16)20(12-15)27-28(2,23)24/h4-8,10-12H,3,9,13-14H2,1-2H3. The lowest BCUT2D eigenvalue weighted by Crippen LogP contribution is -2.10. The molecule has 1 aliphatic rings. The van der Waals surface area contributed by atoms with Crippen molar-refractivity contribution in [2.75, 3.05) is 12.9 Å². The molecule has 0 fully saturated rings. The molecule has 0 aromatic heterocycles. The first-order valence-electron chi connectivity index (χ1n) is 8.94. The van der Waals surface area contributed by atoms with E-state index in [1.165, 1.54) is 0 Å². The molecule has 148 valence electrons. The highest BCUT2D eigenvalue weighted by molar-refractivity contribution is 7.86. The molecule has 0 unspecified atom stereocenters. The van der Waals surface area contributed by atoms with Gasteiger partial charge >= 0.3 is 16.1 Å². The number of carbonyl (C=O) groups is 1. The Morgan fingerprint density at radius 1 is 1.14 bits per heavy atom. The van der Waals surface area contributed by atoms with Crippen molar-refractivity contribution in [3.8, 4) is 11.5 Å². The largest absolute Gasteiger partial charge is 0.489 e. The van der Waals surface area contributed by atoms with Crippen LogP contribution in [0, 0.1) is 0 Å². The minimum absolute atomic E-state index is 0.124. The molecule has 0 bridgehead atoms. The lowest BCUT2D eigenvalue weighted by molar-refractivity contribution is -0.142. The number of rotatable bonds is 8. The van der Waals surface area contributed by atoms with E-state index in [1.54, 1.807) is 19.1 Å². The van der Waals surface area contributed by atoms with Gasteiger partial charge in [0.15, 0.2) is 0 Å². The number of benzene rings is 2. The molecule has 0 heterocycles. The van der Waals surface area contributed by atoms with Crippen molar-refractivity contribution in [1.82, 2.24) is 0 Å². The van der Waals surface area contributed by atoms with Crippen LogP contribution in [-0.2, 0) is 39.1 Å². The minimum atomic E-state index is -3.63. The van der Waals surface area contributed by atoms with Gasteiger partial charge in [0.1, 0.15) is 18.1 Å². The van der Waals surface area contributed by atoms with Gasteiger partial charge in [0, 0.05) is 11.1 Å². The van der Waals surface area contributed by atoms with E-state index in [2.05, 4.69) is 0 Å². The average Bonchev–Trinajstić information content (AvgIpc) is 3.09. The summed E-state index contributed by atoms with van der Waals surface area (Å²) in [5, 5.41) is 0. The van der Waals surface area contributed by atoms with Crippen molar-refractivity contribution in [1.29, 1.82) is 0 Å². The Labute approximate surface area is 164 Å². The van der Waals surface area contributed by atoms with Gasteiger partial charge in [-0.1, -0.05) is 30.4 Å². The Bertz CT molecular complexity index is 1010. The number of hydrogen-bond donors (Lipinski definition) is 0. The summed E-state index contributed by atoms with van der Waals surface area (Å²) in [4.78, 5) is 11.8. The van der Waals surface area contributed by atoms with Crippen molar-refractivity contribution in [3.63, 3.8) is 0 Å². The number of esters is 1. The Hall–Kier alpha value is -2.80. The molecule has 0 saturated heterocycles. The van der Waals surface area contributed by atoms with Gasteiger partial charge in [0.2, 0.25) is 0 Å². The van der Waals surface area contributed by atoms with E-state index < -0.39 is 10.1 Å². The predicted octanol–water partition coefficient (Wildman–Crippen LogP) is 3.28. The quantitative estimate of drug-likeness (QED) is 0.498. The van der Waals surface area contributed by atoms with Crippen LogP contribution in [-0.4, -0.2) is 27.2 Å². The fraction of sp³-hybridized carbons (Fsp3) is 0.286. The third kappa shape index (κ3) is 5.13. The maximum absolute atomic E-state index is 11.8. The summed E-state index contributed by atoms with van der Waals surface area (Å²) < 4.78 is 39.2. The van der Waals surface area contributed by atoms with Crippen molar-refractivity contribution in [2.45, 2.75) is 26.4 Å². The summed E-state index contributed by atoms with van der Waals surface area (Å²) in [6.45, 7) is 2.30. The molecule has 7 heteroatoms. The fourth-order valence-electron chi connectivity index (χ4n) is 3.04. The molecule has 3 rings (SSSR count). The van der Waals surface area contributed by atoms with Gasteiger partial charge in [0.25, 0.3) is 0 Å². The second kappa shape index (κ2) is 8.48. The molecule has 0 N–H and O–H groups in total. The molecule has 28 heavy (non-hydrogen) atoms. The number of hydrogen-bond acceptors (Lipinski definition) is 6. The number of carbonyl (C=O) groups excluding carboxylic acids is 1. The first-order valence-corrected chi connectivity index (χ1v) is 10.8. The highest BCUT2D eigenvalue weighted by Gasteiger charge is 2.17. The Kier molecular flexibility index (Phi) is 6.04. The van der Waals surface area contributed by atoms with Gasteiger partial charge < -0.3 is 13.7 Å². The van der Waals surface area contributed by atoms with Crippen LogP contribution < -0.4 is 8.92 Å². The van der Waals surface area contributed by atoms with Gasteiger partial charge in [0.05, 0.1) is 19.3 Å². The molecular weight excluding hydrogens is 380 g/mol. The highest BCUT2D eigenvalue weighted by Crippen LogP contribution is 2.32. The van der Waals surface area contributed by atoms with E-state index in [9.17, 15) is 13.2 Å². The normalized spacial score (nSPS) is 12.5. The topological polar surface area (TPSA) is 78.9 Å².